The minimum atomic E-state index is -4.24. The van der Waals surface area contributed by atoms with Gasteiger partial charge in [-0.25, -0.2) is 35.9 Å². The molecule has 1 aromatic heterocycles. The number of benzene rings is 1. The summed E-state index contributed by atoms with van der Waals surface area (Å²) < 4.78 is 73.7. The molecular weight excluding hydrogens is 451 g/mol. The summed E-state index contributed by atoms with van der Waals surface area (Å²) in [6.45, 7) is -1.57. The molecule has 0 aliphatic carbocycles. The molecule has 32 heavy (non-hydrogen) atoms. The number of anilines is 1. The number of pyridine rings is 1. The number of fused-ring (bicyclic) bond motifs is 1. The highest BCUT2D eigenvalue weighted by Crippen LogP contribution is 2.46. The summed E-state index contributed by atoms with van der Waals surface area (Å²) in [7, 11) is -3.08. The number of hydrogen-bond acceptors (Lipinski definition) is 7. The Hall–Kier alpha value is -3.19. The number of ether oxygens (including phenoxy) is 1. The third kappa shape index (κ3) is 3.37. The fourth-order valence-electron chi connectivity index (χ4n) is 3.88. The van der Waals surface area contributed by atoms with Crippen LogP contribution in [0.3, 0.4) is 0 Å². The van der Waals surface area contributed by atoms with Gasteiger partial charge >= 0.3 is 0 Å². The number of amides is 1. The molecule has 1 amide bonds. The van der Waals surface area contributed by atoms with Crippen LogP contribution in [0, 0.1) is 11.6 Å². The summed E-state index contributed by atoms with van der Waals surface area (Å²) in [5.74, 6) is -2.58. The standard InChI is InChI=1S/C19H18F3N5O4S/c1-27-18(23)26-19(9-31-15(7-20)16(19)32(27,29)30)12-6-11(3-4-13(12)22)25-17(28)14-5-2-10(21)8-24-14/h2-6,8,15-16H,7,9H2,1H3,(H2,23,26)(H,25,28). The van der Waals surface area contributed by atoms with Crippen molar-refractivity contribution >= 4 is 27.6 Å². The van der Waals surface area contributed by atoms with Crippen molar-refractivity contribution in [2.45, 2.75) is 16.9 Å². The zero-order valence-electron chi connectivity index (χ0n) is 16.6. The quantitative estimate of drug-likeness (QED) is 0.691. The lowest BCUT2D eigenvalue weighted by atomic mass is 9.86. The lowest BCUT2D eigenvalue weighted by Crippen LogP contribution is -2.59. The van der Waals surface area contributed by atoms with E-state index in [9.17, 15) is 26.4 Å². The Balaban J connectivity index is 1.78. The van der Waals surface area contributed by atoms with Gasteiger partial charge in [-0.15, -0.1) is 0 Å². The smallest absolute Gasteiger partial charge is 0.274 e. The topological polar surface area (TPSA) is 127 Å². The van der Waals surface area contributed by atoms with Crippen molar-refractivity contribution in [3.63, 3.8) is 0 Å². The number of halogens is 3. The molecule has 0 saturated carbocycles. The molecule has 1 saturated heterocycles. The van der Waals surface area contributed by atoms with E-state index in [0.717, 1.165) is 31.4 Å². The van der Waals surface area contributed by atoms with Gasteiger partial charge in [-0.05, 0) is 30.3 Å². The Labute approximate surface area is 181 Å². The molecule has 2 aliphatic rings. The lowest BCUT2D eigenvalue weighted by molar-refractivity contribution is 0.0847. The van der Waals surface area contributed by atoms with E-state index in [-0.39, 0.29) is 16.9 Å². The predicted octanol–water partition coefficient (Wildman–Crippen LogP) is 1.13. The van der Waals surface area contributed by atoms with Crippen LogP contribution in [-0.4, -0.2) is 61.3 Å². The molecule has 3 N–H and O–H groups in total. The summed E-state index contributed by atoms with van der Waals surface area (Å²) in [6, 6.07) is 5.65. The number of guanidine groups is 1. The first-order valence-electron chi connectivity index (χ1n) is 9.34. The second-order valence-electron chi connectivity index (χ2n) is 7.34. The van der Waals surface area contributed by atoms with Gasteiger partial charge < -0.3 is 15.8 Å². The number of alkyl halides is 1. The minimum Gasteiger partial charge on any atom is -0.371 e. The predicted molar refractivity (Wildman–Crippen MR) is 108 cm³/mol. The van der Waals surface area contributed by atoms with Gasteiger partial charge in [-0.3, -0.25) is 4.79 Å². The number of nitrogens with two attached hydrogens (primary N) is 1. The molecule has 2 aromatic rings. The molecule has 0 spiro atoms. The number of sulfonamides is 1. The molecule has 0 bridgehead atoms. The maximum absolute atomic E-state index is 15.0. The highest BCUT2D eigenvalue weighted by atomic mass is 32.2. The number of nitrogens with one attached hydrogen (secondary N) is 1. The summed E-state index contributed by atoms with van der Waals surface area (Å²) >= 11 is 0. The van der Waals surface area contributed by atoms with E-state index in [1.54, 1.807) is 0 Å². The zero-order valence-corrected chi connectivity index (χ0v) is 17.4. The van der Waals surface area contributed by atoms with E-state index in [2.05, 4.69) is 15.3 Å². The van der Waals surface area contributed by atoms with Crippen molar-refractivity contribution in [3.8, 4) is 0 Å². The van der Waals surface area contributed by atoms with Gasteiger partial charge in [0.25, 0.3) is 5.91 Å². The Bertz CT molecular complexity index is 1210. The Kier molecular flexibility index (Phi) is 5.33. The number of aromatic nitrogens is 1. The largest absolute Gasteiger partial charge is 0.371 e. The van der Waals surface area contributed by atoms with Crippen LogP contribution < -0.4 is 11.1 Å². The molecule has 4 rings (SSSR count). The van der Waals surface area contributed by atoms with Crippen molar-refractivity contribution in [1.29, 1.82) is 0 Å². The summed E-state index contributed by atoms with van der Waals surface area (Å²) in [5.41, 5.74) is 3.69. The molecule has 170 valence electrons. The first-order chi connectivity index (χ1) is 15.1. The van der Waals surface area contributed by atoms with Gasteiger partial charge in [0.2, 0.25) is 16.0 Å². The summed E-state index contributed by atoms with van der Waals surface area (Å²) in [6.07, 6.45) is -0.525. The van der Waals surface area contributed by atoms with E-state index >= 15 is 0 Å². The molecule has 2 aliphatic heterocycles. The van der Waals surface area contributed by atoms with Crippen LogP contribution in [0.1, 0.15) is 16.1 Å². The Morgan fingerprint density at radius 2 is 2.09 bits per heavy atom. The zero-order chi connectivity index (χ0) is 23.3. The van der Waals surface area contributed by atoms with Crippen LogP contribution in [0.5, 0.6) is 0 Å². The fraction of sp³-hybridized carbons (Fsp3) is 0.316. The molecule has 3 heterocycles. The van der Waals surface area contributed by atoms with Crippen LogP contribution in [0.15, 0.2) is 41.5 Å². The van der Waals surface area contributed by atoms with E-state index in [0.29, 0.717) is 4.31 Å². The minimum absolute atomic E-state index is 0.0828. The average Bonchev–Trinajstić information content (AvgIpc) is 3.14. The van der Waals surface area contributed by atoms with Crippen LogP contribution >= 0.6 is 0 Å². The van der Waals surface area contributed by atoms with Crippen LogP contribution in [-0.2, 0) is 20.3 Å². The number of nitrogens with zero attached hydrogens (tertiary/aromatic N) is 3. The number of hydrogen-bond donors (Lipinski definition) is 2. The third-order valence-corrected chi connectivity index (χ3v) is 7.75. The highest BCUT2D eigenvalue weighted by molar-refractivity contribution is 7.90. The number of carbonyl (C=O) groups excluding carboxylic acids is 1. The SMILES string of the molecule is CN1C(N)=NC2(c3cc(NC(=O)c4ccc(F)cn4)ccc3F)COC(CF)C2S1(=O)=O. The molecule has 0 radical (unpaired) electrons. The van der Waals surface area contributed by atoms with Gasteiger partial charge in [0.1, 0.15) is 40.9 Å². The number of aliphatic imine (C=N–C) groups is 1. The second-order valence-corrected chi connectivity index (χ2v) is 9.43. The van der Waals surface area contributed by atoms with Crippen molar-refractivity contribution in [3.05, 3.63) is 59.4 Å². The number of carbonyl (C=O) groups is 1. The molecule has 1 fully saturated rings. The van der Waals surface area contributed by atoms with E-state index in [4.69, 9.17) is 10.5 Å². The molecule has 9 nitrogen and oxygen atoms in total. The normalized spacial score (nSPS) is 26.4. The molecule has 1 aromatic carbocycles. The van der Waals surface area contributed by atoms with Gasteiger partial charge in [0.05, 0.1) is 12.8 Å². The second kappa shape index (κ2) is 7.74. The van der Waals surface area contributed by atoms with Gasteiger partial charge in [0, 0.05) is 18.3 Å². The average molecular weight is 469 g/mol. The van der Waals surface area contributed by atoms with Gasteiger partial charge in [0.15, 0.2) is 0 Å². The van der Waals surface area contributed by atoms with Crippen molar-refractivity contribution in [1.82, 2.24) is 9.29 Å². The van der Waals surface area contributed by atoms with Crippen LogP contribution in [0.4, 0.5) is 18.9 Å². The third-order valence-electron chi connectivity index (χ3n) is 5.47. The first kappa shape index (κ1) is 22.0. The fourth-order valence-corrected chi connectivity index (χ4v) is 5.80. The molecule has 3 unspecified atom stereocenters. The van der Waals surface area contributed by atoms with Gasteiger partial charge in [-0.2, -0.15) is 0 Å². The highest BCUT2D eigenvalue weighted by Gasteiger charge is 2.62. The monoisotopic (exact) mass is 469 g/mol. The maximum Gasteiger partial charge on any atom is 0.274 e. The first-order valence-corrected chi connectivity index (χ1v) is 10.8. The maximum atomic E-state index is 15.0. The summed E-state index contributed by atoms with van der Waals surface area (Å²) in [5, 5.41) is 0.909. The van der Waals surface area contributed by atoms with Crippen molar-refractivity contribution < 1.29 is 31.1 Å². The molecular formula is C19H18F3N5O4S. The van der Waals surface area contributed by atoms with Crippen LogP contribution in [0.2, 0.25) is 0 Å². The number of rotatable bonds is 4. The van der Waals surface area contributed by atoms with Crippen LogP contribution in [0.25, 0.3) is 0 Å². The van der Waals surface area contributed by atoms with Crippen molar-refractivity contribution in [2.75, 3.05) is 25.6 Å². The van der Waals surface area contributed by atoms with E-state index < -0.39 is 63.7 Å². The Morgan fingerprint density at radius 1 is 1.34 bits per heavy atom. The molecule has 13 heteroatoms. The van der Waals surface area contributed by atoms with E-state index in [1.165, 1.54) is 12.1 Å². The van der Waals surface area contributed by atoms with Crippen molar-refractivity contribution in [2.24, 2.45) is 10.7 Å². The van der Waals surface area contributed by atoms with Gasteiger partial charge in [-0.1, -0.05) is 0 Å². The van der Waals surface area contributed by atoms with E-state index in [1.807, 2.05) is 0 Å². The Morgan fingerprint density at radius 3 is 2.75 bits per heavy atom. The molecule has 3 atom stereocenters. The lowest BCUT2D eigenvalue weighted by Gasteiger charge is -2.39. The summed E-state index contributed by atoms with van der Waals surface area (Å²) in [4.78, 5) is 20.3.